The molecule has 1 amide bonds. The van der Waals surface area contributed by atoms with E-state index in [-0.39, 0.29) is 0 Å². The van der Waals surface area contributed by atoms with Crippen LogP contribution >= 0.6 is 0 Å². The third-order valence-electron chi connectivity index (χ3n) is 2.88. The number of carboxylic acids is 1. The lowest BCUT2D eigenvalue weighted by atomic mass is 9.90. The fraction of sp³-hybridized carbons (Fsp3) is 0.818. The van der Waals surface area contributed by atoms with Crippen molar-refractivity contribution in [1.29, 1.82) is 0 Å². The van der Waals surface area contributed by atoms with Crippen LogP contribution < -0.4 is 5.32 Å². The van der Waals surface area contributed by atoms with Crippen molar-refractivity contribution in [3.63, 3.8) is 0 Å². The molecule has 1 unspecified atom stereocenters. The molecule has 0 spiro atoms. The lowest BCUT2D eigenvalue weighted by Gasteiger charge is -2.21. The highest BCUT2D eigenvalue weighted by atomic mass is 16.5. The Morgan fingerprint density at radius 2 is 2.00 bits per heavy atom. The molecule has 0 heterocycles. The van der Waals surface area contributed by atoms with Gasteiger partial charge < -0.3 is 15.2 Å². The smallest absolute Gasteiger partial charge is 0.407 e. The summed E-state index contributed by atoms with van der Waals surface area (Å²) < 4.78 is 4.99. The van der Waals surface area contributed by atoms with Gasteiger partial charge in [-0.05, 0) is 25.7 Å². The minimum Gasteiger partial charge on any atom is -0.480 e. The molecule has 0 aromatic rings. The number of rotatable bonds is 4. The summed E-state index contributed by atoms with van der Waals surface area (Å²) >= 11 is 0. The Bertz CT molecular complexity index is 248. The lowest BCUT2D eigenvalue weighted by molar-refractivity contribution is -0.138. The van der Waals surface area contributed by atoms with Gasteiger partial charge in [-0.25, -0.2) is 4.79 Å². The van der Waals surface area contributed by atoms with Gasteiger partial charge in [-0.2, -0.15) is 0 Å². The minimum atomic E-state index is -1.06. The maximum atomic E-state index is 11.2. The molecule has 1 aliphatic carbocycles. The van der Waals surface area contributed by atoms with Crippen molar-refractivity contribution in [1.82, 2.24) is 5.32 Å². The van der Waals surface area contributed by atoms with Gasteiger partial charge in [-0.1, -0.05) is 19.3 Å². The quantitative estimate of drug-likeness (QED) is 0.770. The average molecular weight is 229 g/mol. The fourth-order valence-corrected chi connectivity index (χ4v) is 1.83. The second-order valence-electron chi connectivity index (χ2n) is 4.31. The first-order valence-corrected chi connectivity index (χ1v) is 5.75. The van der Waals surface area contributed by atoms with Crippen molar-refractivity contribution < 1.29 is 19.4 Å². The van der Waals surface area contributed by atoms with Gasteiger partial charge in [0, 0.05) is 0 Å². The van der Waals surface area contributed by atoms with E-state index in [1.54, 1.807) is 0 Å². The van der Waals surface area contributed by atoms with Gasteiger partial charge >= 0.3 is 12.1 Å². The maximum absolute atomic E-state index is 11.2. The molecule has 5 nitrogen and oxygen atoms in total. The van der Waals surface area contributed by atoms with Crippen LogP contribution in [0.5, 0.6) is 0 Å². The van der Waals surface area contributed by atoms with Crippen LogP contribution in [-0.2, 0) is 9.53 Å². The Labute approximate surface area is 95.2 Å². The highest BCUT2D eigenvalue weighted by Gasteiger charge is 2.18. The van der Waals surface area contributed by atoms with E-state index >= 15 is 0 Å². The van der Waals surface area contributed by atoms with Crippen molar-refractivity contribution in [2.75, 3.05) is 6.61 Å². The van der Waals surface area contributed by atoms with Gasteiger partial charge in [0.05, 0.1) is 6.61 Å². The average Bonchev–Trinajstić information content (AvgIpc) is 2.27. The monoisotopic (exact) mass is 229 g/mol. The molecule has 0 aromatic heterocycles. The summed E-state index contributed by atoms with van der Waals surface area (Å²) in [5.41, 5.74) is 0. The number of hydrogen-bond donors (Lipinski definition) is 2. The van der Waals surface area contributed by atoms with E-state index in [0.29, 0.717) is 12.5 Å². The molecule has 0 saturated heterocycles. The van der Waals surface area contributed by atoms with Crippen LogP contribution in [0.2, 0.25) is 0 Å². The van der Waals surface area contributed by atoms with Gasteiger partial charge in [0.25, 0.3) is 0 Å². The van der Waals surface area contributed by atoms with Crippen molar-refractivity contribution in [2.24, 2.45) is 5.92 Å². The zero-order valence-electron chi connectivity index (χ0n) is 9.57. The number of carbonyl (C=O) groups excluding carboxylic acids is 1. The Hall–Kier alpha value is -1.26. The highest BCUT2D eigenvalue weighted by molar-refractivity contribution is 5.79. The Morgan fingerprint density at radius 3 is 2.56 bits per heavy atom. The molecule has 16 heavy (non-hydrogen) atoms. The number of nitrogens with one attached hydrogen (secondary N) is 1. The van der Waals surface area contributed by atoms with E-state index < -0.39 is 18.1 Å². The van der Waals surface area contributed by atoms with Crippen molar-refractivity contribution in [3.05, 3.63) is 0 Å². The van der Waals surface area contributed by atoms with Crippen LogP contribution in [0.4, 0.5) is 4.79 Å². The summed E-state index contributed by atoms with van der Waals surface area (Å²) in [4.78, 5) is 21.7. The van der Waals surface area contributed by atoms with Crippen LogP contribution in [0.15, 0.2) is 0 Å². The summed E-state index contributed by atoms with van der Waals surface area (Å²) in [5.74, 6) is -0.616. The number of alkyl carbamates (subject to hydrolysis) is 1. The van der Waals surface area contributed by atoms with E-state index in [1.807, 2.05) is 0 Å². The number of hydrogen-bond acceptors (Lipinski definition) is 3. The van der Waals surface area contributed by atoms with Crippen molar-refractivity contribution >= 4 is 12.1 Å². The molecule has 1 atom stereocenters. The predicted molar refractivity (Wildman–Crippen MR) is 58.2 cm³/mol. The molecule has 1 fully saturated rings. The molecular formula is C11H19NO4. The number of carboxylic acid groups (broad SMARTS) is 1. The first-order chi connectivity index (χ1) is 7.59. The molecule has 1 saturated carbocycles. The molecular weight excluding hydrogens is 210 g/mol. The predicted octanol–water partition coefficient (Wildman–Crippen LogP) is 1.77. The SMILES string of the molecule is CC(NC(=O)OCC1CCCCC1)C(=O)O. The summed E-state index contributed by atoms with van der Waals surface area (Å²) in [5, 5.41) is 10.8. The van der Waals surface area contributed by atoms with Gasteiger partial charge in [0.2, 0.25) is 0 Å². The molecule has 92 valence electrons. The number of ether oxygens (including phenoxy) is 1. The van der Waals surface area contributed by atoms with Crippen molar-refractivity contribution in [2.45, 2.75) is 45.1 Å². The molecule has 1 rings (SSSR count). The fourth-order valence-electron chi connectivity index (χ4n) is 1.83. The van der Waals surface area contributed by atoms with Crippen LogP contribution in [0, 0.1) is 5.92 Å². The molecule has 1 aliphatic rings. The van der Waals surface area contributed by atoms with Crippen LogP contribution in [0.25, 0.3) is 0 Å². The van der Waals surface area contributed by atoms with Crippen LogP contribution in [0.3, 0.4) is 0 Å². The van der Waals surface area contributed by atoms with Crippen molar-refractivity contribution in [3.8, 4) is 0 Å². The Morgan fingerprint density at radius 1 is 1.38 bits per heavy atom. The molecule has 5 heteroatoms. The molecule has 0 aliphatic heterocycles. The Balaban J connectivity index is 2.16. The Kier molecular flexibility index (Phi) is 5.08. The minimum absolute atomic E-state index is 0.401. The summed E-state index contributed by atoms with van der Waals surface area (Å²) in [6, 6.07) is -0.904. The summed E-state index contributed by atoms with van der Waals surface area (Å²) in [6.07, 6.45) is 5.21. The third kappa shape index (κ3) is 4.51. The highest BCUT2D eigenvalue weighted by Crippen LogP contribution is 2.23. The van der Waals surface area contributed by atoms with Gasteiger partial charge in [-0.15, -0.1) is 0 Å². The van der Waals surface area contributed by atoms with Crippen LogP contribution in [-0.4, -0.2) is 29.8 Å². The van der Waals surface area contributed by atoms with Crippen LogP contribution in [0.1, 0.15) is 39.0 Å². The van der Waals surface area contributed by atoms with Gasteiger partial charge in [-0.3, -0.25) is 4.79 Å². The van der Waals surface area contributed by atoms with E-state index in [4.69, 9.17) is 9.84 Å². The lowest BCUT2D eigenvalue weighted by Crippen LogP contribution is -2.39. The van der Waals surface area contributed by atoms with E-state index in [2.05, 4.69) is 5.32 Å². The summed E-state index contributed by atoms with van der Waals surface area (Å²) in [6.45, 7) is 1.81. The zero-order chi connectivity index (χ0) is 12.0. The first-order valence-electron chi connectivity index (χ1n) is 5.75. The molecule has 2 N–H and O–H groups in total. The molecule has 0 aromatic carbocycles. The first kappa shape index (κ1) is 12.8. The van der Waals surface area contributed by atoms with Gasteiger partial charge in [0.15, 0.2) is 0 Å². The maximum Gasteiger partial charge on any atom is 0.407 e. The zero-order valence-corrected chi connectivity index (χ0v) is 9.57. The number of amides is 1. The van der Waals surface area contributed by atoms with Gasteiger partial charge in [0.1, 0.15) is 6.04 Å². The van der Waals surface area contributed by atoms with E-state index in [0.717, 1.165) is 12.8 Å². The summed E-state index contributed by atoms with van der Waals surface area (Å²) in [7, 11) is 0. The van der Waals surface area contributed by atoms with E-state index in [9.17, 15) is 9.59 Å². The third-order valence-corrected chi connectivity index (χ3v) is 2.88. The number of aliphatic carboxylic acids is 1. The molecule has 0 radical (unpaired) electrons. The number of carbonyl (C=O) groups is 2. The second-order valence-corrected chi connectivity index (χ2v) is 4.31. The second kappa shape index (κ2) is 6.35. The normalized spacial score (nSPS) is 18.8. The van der Waals surface area contributed by atoms with E-state index in [1.165, 1.54) is 26.2 Å². The topological polar surface area (TPSA) is 75.6 Å². The standard InChI is InChI=1S/C11H19NO4/c1-8(10(13)14)12-11(15)16-7-9-5-3-2-4-6-9/h8-9H,2-7H2,1H3,(H,12,15)(H,13,14). The largest absolute Gasteiger partial charge is 0.480 e. The molecule has 0 bridgehead atoms.